The minimum Gasteiger partial charge on any atom is -0.348 e. The number of nitrogens with one attached hydrogen (secondary N) is 1. The van der Waals surface area contributed by atoms with Crippen molar-refractivity contribution in [3.8, 4) is 0 Å². The monoisotopic (exact) mass is 352 g/mol. The minimum absolute atomic E-state index is 0.0707. The van der Waals surface area contributed by atoms with E-state index >= 15 is 0 Å². The molecule has 0 spiro atoms. The van der Waals surface area contributed by atoms with E-state index in [1.54, 1.807) is 18.3 Å². The van der Waals surface area contributed by atoms with Crippen LogP contribution in [0.1, 0.15) is 21.6 Å². The van der Waals surface area contributed by atoms with Crippen molar-refractivity contribution in [2.24, 2.45) is 0 Å². The lowest BCUT2D eigenvalue weighted by Gasteiger charge is -2.07. The first-order valence-corrected chi connectivity index (χ1v) is 7.16. The molecule has 0 atom stereocenters. The first-order chi connectivity index (χ1) is 8.81. The summed E-state index contributed by atoms with van der Waals surface area (Å²) in [5.74, 6) is -0.0707. The maximum Gasteiger partial charge on any atom is 0.253 e. The Hall–Kier alpha value is -1.43. The Balaban J connectivity index is 2.04. The maximum absolute atomic E-state index is 12.0. The van der Waals surface area contributed by atoms with Crippen LogP contribution in [0.2, 0.25) is 0 Å². The van der Waals surface area contributed by atoms with E-state index in [2.05, 4.69) is 32.9 Å². The zero-order chi connectivity index (χ0) is 12.8. The molecule has 92 valence electrons. The lowest BCUT2D eigenvalue weighted by molar-refractivity contribution is 0.0950. The number of carbonyl (C=O) groups excluding carboxylic acids is 1. The van der Waals surface area contributed by atoms with Crippen LogP contribution in [0.25, 0.3) is 0 Å². The third kappa shape index (κ3) is 3.29. The van der Waals surface area contributed by atoms with Gasteiger partial charge in [-0.3, -0.25) is 9.78 Å². The van der Waals surface area contributed by atoms with Crippen LogP contribution in [0.15, 0.2) is 48.7 Å². The number of rotatable bonds is 4. The molecule has 18 heavy (non-hydrogen) atoms. The van der Waals surface area contributed by atoms with Crippen LogP contribution in [0, 0.1) is 0 Å². The normalized spacial score (nSPS) is 10.1. The van der Waals surface area contributed by atoms with Gasteiger partial charge in [-0.25, -0.2) is 0 Å². The van der Waals surface area contributed by atoms with E-state index in [1.807, 2.05) is 30.3 Å². The highest BCUT2D eigenvalue weighted by Crippen LogP contribution is 2.09. The van der Waals surface area contributed by atoms with Gasteiger partial charge in [0.2, 0.25) is 0 Å². The smallest absolute Gasteiger partial charge is 0.253 e. The van der Waals surface area contributed by atoms with Gasteiger partial charge in [-0.1, -0.05) is 52.9 Å². The number of carbonyl (C=O) groups is 1. The SMILES string of the molecule is O=C(NCc1ccccc1)c1cccnc1CI. The molecular formula is C14H13IN2O. The largest absolute Gasteiger partial charge is 0.348 e. The second-order valence-corrected chi connectivity index (χ2v) is 4.56. The first-order valence-electron chi connectivity index (χ1n) is 5.63. The second kappa shape index (κ2) is 6.49. The van der Waals surface area contributed by atoms with E-state index in [4.69, 9.17) is 0 Å². The van der Waals surface area contributed by atoms with Crippen LogP contribution in [0.3, 0.4) is 0 Å². The quantitative estimate of drug-likeness (QED) is 0.679. The lowest BCUT2D eigenvalue weighted by Crippen LogP contribution is -2.24. The molecule has 2 aromatic rings. The average molecular weight is 352 g/mol. The molecular weight excluding hydrogens is 339 g/mol. The molecule has 0 aliphatic carbocycles. The highest BCUT2D eigenvalue weighted by atomic mass is 127. The average Bonchev–Trinajstić information content (AvgIpc) is 2.45. The number of halogens is 1. The first kappa shape index (κ1) is 13.0. The summed E-state index contributed by atoms with van der Waals surface area (Å²) in [6.45, 7) is 0.537. The minimum atomic E-state index is -0.0707. The van der Waals surface area contributed by atoms with Crippen LogP contribution < -0.4 is 5.32 Å². The van der Waals surface area contributed by atoms with Gasteiger partial charge in [0.05, 0.1) is 11.3 Å². The van der Waals surface area contributed by atoms with Crippen molar-refractivity contribution >= 4 is 28.5 Å². The molecule has 2 rings (SSSR count). The molecule has 1 aromatic carbocycles. The number of hydrogen-bond donors (Lipinski definition) is 1. The van der Waals surface area contributed by atoms with Crippen molar-refractivity contribution < 1.29 is 4.79 Å². The Kier molecular flexibility index (Phi) is 4.69. The predicted molar refractivity (Wildman–Crippen MR) is 79.6 cm³/mol. The van der Waals surface area contributed by atoms with Gasteiger partial charge < -0.3 is 5.32 Å². The van der Waals surface area contributed by atoms with Gasteiger partial charge in [-0.2, -0.15) is 0 Å². The van der Waals surface area contributed by atoms with E-state index in [0.29, 0.717) is 12.1 Å². The van der Waals surface area contributed by atoms with E-state index in [9.17, 15) is 4.79 Å². The number of nitrogens with zero attached hydrogens (tertiary/aromatic N) is 1. The Morgan fingerprint density at radius 1 is 1.17 bits per heavy atom. The van der Waals surface area contributed by atoms with Gasteiger partial charge in [-0.05, 0) is 17.7 Å². The molecule has 0 aliphatic rings. The van der Waals surface area contributed by atoms with Gasteiger partial charge in [0.1, 0.15) is 0 Å². The van der Waals surface area contributed by atoms with Crippen LogP contribution in [0.4, 0.5) is 0 Å². The summed E-state index contributed by atoms with van der Waals surface area (Å²) in [6.07, 6.45) is 1.71. The molecule has 3 nitrogen and oxygen atoms in total. The van der Waals surface area contributed by atoms with Gasteiger partial charge in [0, 0.05) is 17.2 Å². The van der Waals surface area contributed by atoms with Crippen LogP contribution in [-0.4, -0.2) is 10.9 Å². The molecule has 1 heterocycles. The maximum atomic E-state index is 12.0. The predicted octanol–water partition coefficient (Wildman–Crippen LogP) is 2.95. The molecule has 0 saturated heterocycles. The summed E-state index contributed by atoms with van der Waals surface area (Å²) < 4.78 is 0.729. The summed E-state index contributed by atoms with van der Waals surface area (Å²) in [6, 6.07) is 13.4. The van der Waals surface area contributed by atoms with Gasteiger partial charge >= 0.3 is 0 Å². The van der Waals surface area contributed by atoms with Gasteiger partial charge in [0.15, 0.2) is 0 Å². The highest BCUT2D eigenvalue weighted by Gasteiger charge is 2.10. The Labute approximate surface area is 120 Å². The van der Waals surface area contributed by atoms with Crippen molar-refractivity contribution in [3.63, 3.8) is 0 Å². The molecule has 1 amide bonds. The Morgan fingerprint density at radius 3 is 2.67 bits per heavy atom. The van der Waals surface area contributed by atoms with Crippen molar-refractivity contribution in [1.82, 2.24) is 10.3 Å². The summed E-state index contributed by atoms with van der Waals surface area (Å²) in [5.41, 5.74) is 2.57. The van der Waals surface area contributed by atoms with Crippen molar-refractivity contribution in [2.45, 2.75) is 11.0 Å². The van der Waals surface area contributed by atoms with E-state index in [-0.39, 0.29) is 5.91 Å². The molecule has 1 N–H and O–H groups in total. The number of benzene rings is 1. The molecule has 0 fully saturated rings. The van der Waals surface area contributed by atoms with Crippen molar-refractivity contribution in [1.29, 1.82) is 0 Å². The number of aromatic nitrogens is 1. The molecule has 1 aromatic heterocycles. The topological polar surface area (TPSA) is 42.0 Å². The molecule has 0 saturated carbocycles. The zero-order valence-electron chi connectivity index (χ0n) is 9.77. The van der Waals surface area contributed by atoms with Crippen LogP contribution >= 0.6 is 22.6 Å². The van der Waals surface area contributed by atoms with Crippen molar-refractivity contribution in [3.05, 3.63) is 65.5 Å². The van der Waals surface area contributed by atoms with Crippen molar-refractivity contribution in [2.75, 3.05) is 0 Å². The third-order valence-corrected chi connectivity index (χ3v) is 3.28. The summed E-state index contributed by atoms with van der Waals surface area (Å²) in [7, 11) is 0. The molecule has 0 aliphatic heterocycles. The molecule has 0 unspecified atom stereocenters. The standard InChI is InChI=1S/C14H13IN2O/c15-9-13-12(7-4-8-16-13)14(18)17-10-11-5-2-1-3-6-11/h1-8H,9-10H2,(H,17,18). The second-order valence-electron chi connectivity index (χ2n) is 3.80. The van der Waals surface area contributed by atoms with Crippen LogP contribution in [0.5, 0.6) is 0 Å². The zero-order valence-corrected chi connectivity index (χ0v) is 11.9. The number of amides is 1. The van der Waals surface area contributed by atoms with E-state index < -0.39 is 0 Å². The van der Waals surface area contributed by atoms with E-state index in [0.717, 1.165) is 15.7 Å². The third-order valence-electron chi connectivity index (χ3n) is 2.56. The molecule has 4 heteroatoms. The lowest BCUT2D eigenvalue weighted by atomic mass is 10.2. The fraction of sp³-hybridized carbons (Fsp3) is 0.143. The fourth-order valence-electron chi connectivity index (χ4n) is 1.62. The van der Waals surface area contributed by atoms with Gasteiger partial charge in [0.25, 0.3) is 5.91 Å². The number of hydrogen-bond acceptors (Lipinski definition) is 2. The highest BCUT2D eigenvalue weighted by molar-refractivity contribution is 14.1. The molecule has 0 radical (unpaired) electrons. The number of pyridine rings is 1. The van der Waals surface area contributed by atoms with Gasteiger partial charge in [-0.15, -0.1) is 0 Å². The summed E-state index contributed by atoms with van der Waals surface area (Å²) in [4.78, 5) is 16.2. The Bertz CT molecular complexity index is 528. The number of alkyl halides is 1. The summed E-state index contributed by atoms with van der Waals surface area (Å²) >= 11 is 2.21. The Morgan fingerprint density at radius 2 is 1.94 bits per heavy atom. The fourth-order valence-corrected chi connectivity index (χ4v) is 2.23. The van der Waals surface area contributed by atoms with E-state index in [1.165, 1.54) is 0 Å². The summed E-state index contributed by atoms with van der Waals surface area (Å²) in [5, 5.41) is 2.91. The molecule has 0 bridgehead atoms. The van der Waals surface area contributed by atoms with Crippen LogP contribution in [-0.2, 0) is 11.0 Å².